The van der Waals surface area contributed by atoms with Crippen molar-refractivity contribution in [2.24, 2.45) is 0 Å². The number of amides is 2. The molecule has 0 aromatic rings. The van der Waals surface area contributed by atoms with Crippen molar-refractivity contribution in [2.45, 2.75) is 38.4 Å². The summed E-state index contributed by atoms with van der Waals surface area (Å²) in [6.07, 6.45) is 4.93. The normalized spacial score (nSPS) is 23.2. The average Bonchev–Trinajstić information content (AvgIpc) is 2.81. The first-order chi connectivity index (χ1) is 8.63. The Morgan fingerprint density at radius 1 is 1.39 bits per heavy atom. The zero-order valence-electron chi connectivity index (χ0n) is 10.5. The second kappa shape index (κ2) is 7.71. The molecular formula is C12H20N2O4. The highest BCUT2D eigenvalue weighted by Crippen LogP contribution is 2.18. The summed E-state index contributed by atoms with van der Waals surface area (Å²) >= 11 is 0. The smallest absolute Gasteiger partial charge is 0.332 e. The third-order valence-corrected chi connectivity index (χ3v) is 2.71. The van der Waals surface area contributed by atoms with Gasteiger partial charge in [-0.1, -0.05) is 12.2 Å². The van der Waals surface area contributed by atoms with Gasteiger partial charge in [0.2, 0.25) is 0 Å². The number of hydrogen-bond acceptors (Lipinski definition) is 3. The van der Waals surface area contributed by atoms with Gasteiger partial charge in [-0.3, -0.25) is 0 Å². The van der Waals surface area contributed by atoms with Crippen molar-refractivity contribution in [1.82, 2.24) is 10.6 Å². The van der Waals surface area contributed by atoms with E-state index in [-0.39, 0.29) is 12.1 Å². The Balaban J connectivity index is 2.10. The van der Waals surface area contributed by atoms with E-state index in [1.165, 1.54) is 0 Å². The van der Waals surface area contributed by atoms with Gasteiger partial charge in [0.25, 0.3) is 0 Å². The molecule has 0 saturated carbocycles. The van der Waals surface area contributed by atoms with E-state index >= 15 is 0 Å². The summed E-state index contributed by atoms with van der Waals surface area (Å²) < 4.78 is 5.26. The zero-order valence-corrected chi connectivity index (χ0v) is 10.5. The van der Waals surface area contributed by atoms with E-state index in [0.717, 1.165) is 6.42 Å². The van der Waals surface area contributed by atoms with Gasteiger partial charge in [0, 0.05) is 13.1 Å². The number of ether oxygens (including phenoxy) is 1. The average molecular weight is 256 g/mol. The molecule has 0 aliphatic carbocycles. The minimum Gasteiger partial charge on any atom is -0.479 e. The predicted molar refractivity (Wildman–Crippen MR) is 66.4 cm³/mol. The Hall–Kier alpha value is -1.56. The number of aliphatic carboxylic acids is 1. The lowest BCUT2D eigenvalue weighted by Crippen LogP contribution is -2.40. The molecule has 1 heterocycles. The lowest BCUT2D eigenvalue weighted by Gasteiger charge is -2.12. The van der Waals surface area contributed by atoms with Crippen molar-refractivity contribution in [3.63, 3.8) is 0 Å². The highest BCUT2D eigenvalue weighted by Gasteiger charge is 2.30. The van der Waals surface area contributed by atoms with Crippen LogP contribution in [0.3, 0.4) is 0 Å². The molecule has 0 bridgehead atoms. The number of carbonyl (C=O) groups excluding carboxylic acids is 1. The maximum absolute atomic E-state index is 11.4. The van der Waals surface area contributed by atoms with Crippen LogP contribution in [0.15, 0.2) is 12.2 Å². The minimum absolute atomic E-state index is 0.201. The fraction of sp³-hybridized carbons (Fsp3) is 0.667. The summed E-state index contributed by atoms with van der Waals surface area (Å²) in [5.74, 6) is -0.937. The van der Waals surface area contributed by atoms with Gasteiger partial charge in [-0.2, -0.15) is 0 Å². The molecule has 0 aromatic heterocycles. The number of carboxylic acid groups (broad SMARTS) is 1. The van der Waals surface area contributed by atoms with Gasteiger partial charge >= 0.3 is 12.0 Å². The van der Waals surface area contributed by atoms with Crippen LogP contribution in [0.1, 0.15) is 26.2 Å². The SMILES string of the molecule is C/C=C/CCNC(=O)NCC1CCC(C(=O)O)O1. The van der Waals surface area contributed by atoms with Crippen molar-refractivity contribution in [1.29, 1.82) is 0 Å². The van der Waals surface area contributed by atoms with Gasteiger partial charge in [-0.25, -0.2) is 9.59 Å². The van der Waals surface area contributed by atoms with E-state index in [1.54, 1.807) is 0 Å². The van der Waals surface area contributed by atoms with Crippen LogP contribution < -0.4 is 10.6 Å². The molecule has 1 aliphatic rings. The summed E-state index contributed by atoms with van der Waals surface area (Å²) in [5.41, 5.74) is 0. The molecule has 0 spiro atoms. The summed E-state index contributed by atoms with van der Waals surface area (Å²) in [5, 5.41) is 14.1. The topological polar surface area (TPSA) is 87.7 Å². The van der Waals surface area contributed by atoms with Crippen LogP contribution in [-0.4, -0.2) is 42.4 Å². The number of hydrogen-bond donors (Lipinski definition) is 3. The summed E-state index contributed by atoms with van der Waals surface area (Å²) in [4.78, 5) is 22.0. The molecule has 0 aromatic carbocycles. The van der Waals surface area contributed by atoms with E-state index in [2.05, 4.69) is 10.6 Å². The summed E-state index contributed by atoms with van der Waals surface area (Å²) in [7, 11) is 0. The molecule has 3 N–H and O–H groups in total. The van der Waals surface area contributed by atoms with Gasteiger partial charge in [0.15, 0.2) is 6.10 Å². The van der Waals surface area contributed by atoms with Crippen LogP contribution in [0.2, 0.25) is 0 Å². The maximum Gasteiger partial charge on any atom is 0.332 e. The molecule has 2 amide bonds. The third kappa shape index (κ3) is 5.18. The monoisotopic (exact) mass is 256 g/mol. The molecule has 18 heavy (non-hydrogen) atoms. The molecule has 1 saturated heterocycles. The van der Waals surface area contributed by atoms with Gasteiger partial charge in [0.1, 0.15) is 0 Å². The van der Waals surface area contributed by atoms with Crippen LogP contribution in [0, 0.1) is 0 Å². The molecule has 0 radical (unpaired) electrons. The van der Waals surface area contributed by atoms with Crippen LogP contribution >= 0.6 is 0 Å². The number of allylic oxidation sites excluding steroid dienone is 1. The molecule has 1 rings (SSSR count). The lowest BCUT2D eigenvalue weighted by molar-refractivity contribution is -0.149. The van der Waals surface area contributed by atoms with Gasteiger partial charge in [0.05, 0.1) is 6.10 Å². The van der Waals surface area contributed by atoms with E-state index < -0.39 is 12.1 Å². The highest BCUT2D eigenvalue weighted by molar-refractivity contribution is 5.74. The summed E-state index contributed by atoms with van der Waals surface area (Å²) in [6.45, 7) is 2.86. The number of urea groups is 1. The number of nitrogens with one attached hydrogen (secondary N) is 2. The van der Waals surface area contributed by atoms with Crippen molar-refractivity contribution in [2.75, 3.05) is 13.1 Å². The Morgan fingerprint density at radius 3 is 2.78 bits per heavy atom. The Kier molecular flexibility index (Phi) is 6.21. The Bertz CT molecular complexity index is 317. The van der Waals surface area contributed by atoms with Crippen LogP contribution in [-0.2, 0) is 9.53 Å². The van der Waals surface area contributed by atoms with Crippen molar-refractivity contribution in [3.05, 3.63) is 12.2 Å². The Labute approximate surface area is 106 Å². The zero-order chi connectivity index (χ0) is 13.4. The Morgan fingerprint density at radius 2 is 2.17 bits per heavy atom. The first-order valence-electron chi connectivity index (χ1n) is 6.14. The van der Waals surface area contributed by atoms with Crippen molar-refractivity contribution >= 4 is 12.0 Å². The lowest BCUT2D eigenvalue weighted by atomic mass is 10.2. The molecule has 6 nitrogen and oxygen atoms in total. The molecule has 102 valence electrons. The molecule has 1 fully saturated rings. The number of carboxylic acids is 1. The van der Waals surface area contributed by atoms with E-state index in [9.17, 15) is 9.59 Å². The third-order valence-electron chi connectivity index (χ3n) is 2.71. The molecule has 1 aliphatic heterocycles. The second-order valence-electron chi connectivity index (χ2n) is 4.16. The second-order valence-corrected chi connectivity index (χ2v) is 4.16. The van der Waals surface area contributed by atoms with Crippen molar-refractivity contribution < 1.29 is 19.4 Å². The van der Waals surface area contributed by atoms with Gasteiger partial charge in [-0.05, 0) is 26.2 Å². The quantitative estimate of drug-likeness (QED) is 0.486. The predicted octanol–water partition coefficient (Wildman–Crippen LogP) is 0.884. The molecule has 2 atom stereocenters. The standard InChI is InChI=1S/C12H20N2O4/c1-2-3-4-7-13-12(17)14-8-9-5-6-10(18-9)11(15)16/h2-3,9-10H,4-8H2,1H3,(H,15,16)(H2,13,14,17)/b3-2+. The first kappa shape index (κ1) is 14.5. The van der Waals surface area contributed by atoms with E-state index in [4.69, 9.17) is 9.84 Å². The van der Waals surface area contributed by atoms with Gasteiger partial charge in [-0.15, -0.1) is 0 Å². The van der Waals surface area contributed by atoms with E-state index in [1.807, 2.05) is 19.1 Å². The fourth-order valence-electron chi connectivity index (χ4n) is 1.74. The van der Waals surface area contributed by atoms with Gasteiger partial charge < -0.3 is 20.5 Å². The molecule has 2 unspecified atom stereocenters. The van der Waals surface area contributed by atoms with E-state index in [0.29, 0.717) is 25.9 Å². The number of carbonyl (C=O) groups is 2. The molecule has 6 heteroatoms. The number of rotatable bonds is 6. The van der Waals surface area contributed by atoms with Crippen LogP contribution in [0.5, 0.6) is 0 Å². The highest BCUT2D eigenvalue weighted by atomic mass is 16.5. The largest absolute Gasteiger partial charge is 0.479 e. The first-order valence-corrected chi connectivity index (χ1v) is 6.14. The van der Waals surface area contributed by atoms with Crippen LogP contribution in [0.4, 0.5) is 4.79 Å². The fourth-order valence-corrected chi connectivity index (χ4v) is 1.74. The van der Waals surface area contributed by atoms with Crippen molar-refractivity contribution in [3.8, 4) is 0 Å². The maximum atomic E-state index is 11.4. The van der Waals surface area contributed by atoms with Crippen LogP contribution in [0.25, 0.3) is 0 Å². The molecular weight excluding hydrogens is 236 g/mol. The summed E-state index contributed by atoms with van der Waals surface area (Å²) in [6, 6.07) is -0.248. The minimum atomic E-state index is -0.937.